The Morgan fingerprint density at radius 3 is 2.39 bits per heavy atom. The summed E-state index contributed by atoms with van der Waals surface area (Å²) in [5.74, 6) is -0.175. The second-order valence-corrected chi connectivity index (χ2v) is 8.15. The van der Waals surface area contributed by atoms with Crippen molar-refractivity contribution in [3.05, 3.63) is 32.7 Å². The van der Waals surface area contributed by atoms with Gasteiger partial charge in [-0.15, -0.1) is 11.3 Å². The topological polar surface area (TPSA) is 78.2 Å². The minimum Gasteiger partial charge on any atom is -0.342 e. The maximum absolute atomic E-state index is 12.9. The van der Waals surface area contributed by atoms with Gasteiger partial charge >= 0.3 is 0 Å². The molecule has 2 amide bonds. The molecule has 0 atom stereocenters. The number of hydrogen-bond donors (Lipinski definition) is 0. The maximum atomic E-state index is 12.9. The quantitative estimate of drug-likeness (QED) is 0.742. The number of aryl methyl sites for hydroxylation is 2. The Hall–Kier alpha value is -2.26. The third-order valence-corrected chi connectivity index (χ3v) is 6.46. The van der Waals surface area contributed by atoms with Gasteiger partial charge in [-0.1, -0.05) is 0 Å². The third-order valence-electron chi connectivity index (χ3n) is 5.38. The zero-order valence-electron chi connectivity index (χ0n) is 16.9. The van der Waals surface area contributed by atoms with Gasteiger partial charge in [0, 0.05) is 56.0 Å². The molecule has 152 valence electrons. The van der Waals surface area contributed by atoms with Crippen LogP contribution >= 0.6 is 11.3 Å². The van der Waals surface area contributed by atoms with Crippen LogP contribution in [0.25, 0.3) is 4.96 Å². The molecule has 1 saturated heterocycles. The molecule has 0 saturated carbocycles. The largest absolute Gasteiger partial charge is 0.342 e. The van der Waals surface area contributed by atoms with Crippen LogP contribution in [0, 0.1) is 13.8 Å². The van der Waals surface area contributed by atoms with E-state index in [9.17, 15) is 14.4 Å². The molecule has 3 rings (SSSR count). The van der Waals surface area contributed by atoms with E-state index in [4.69, 9.17) is 0 Å². The summed E-state index contributed by atoms with van der Waals surface area (Å²) >= 11 is 1.45. The number of rotatable bonds is 5. The summed E-state index contributed by atoms with van der Waals surface area (Å²) in [4.78, 5) is 49.5. The first-order chi connectivity index (χ1) is 13.4. The second kappa shape index (κ2) is 8.40. The molecular formula is C19H27N5O3S. The first-order valence-corrected chi connectivity index (χ1v) is 10.5. The smallest absolute Gasteiger partial charge is 0.271 e. The zero-order valence-corrected chi connectivity index (χ0v) is 17.7. The Kier molecular flexibility index (Phi) is 6.14. The predicted octanol–water partition coefficient (Wildman–Crippen LogP) is 0.999. The molecule has 0 bridgehead atoms. The van der Waals surface area contributed by atoms with Crippen molar-refractivity contribution >= 4 is 28.1 Å². The molecule has 9 heteroatoms. The van der Waals surface area contributed by atoms with Crippen LogP contribution in [0.2, 0.25) is 0 Å². The zero-order chi connectivity index (χ0) is 20.4. The van der Waals surface area contributed by atoms with Crippen LogP contribution in [0.1, 0.15) is 34.8 Å². The highest BCUT2D eigenvalue weighted by Gasteiger charge is 2.26. The van der Waals surface area contributed by atoms with Gasteiger partial charge in [-0.2, -0.15) is 0 Å². The van der Waals surface area contributed by atoms with Gasteiger partial charge in [0.1, 0.15) is 5.56 Å². The van der Waals surface area contributed by atoms with Gasteiger partial charge in [0.05, 0.1) is 6.54 Å². The number of fused-ring (bicyclic) bond motifs is 1. The number of thiazole rings is 1. The summed E-state index contributed by atoms with van der Waals surface area (Å²) in [6.45, 7) is 11.7. The lowest BCUT2D eigenvalue weighted by molar-refractivity contribution is -0.132. The van der Waals surface area contributed by atoms with Crippen LogP contribution in [0.3, 0.4) is 0 Å². The molecular weight excluding hydrogens is 378 g/mol. The van der Waals surface area contributed by atoms with Crippen molar-refractivity contribution < 1.29 is 9.59 Å². The van der Waals surface area contributed by atoms with Gasteiger partial charge in [0.2, 0.25) is 5.91 Å². The molecule has 0 aliphatic carbocycles. The Morgan fingerprint density at radius 2 is 1.79 bits per heavy atom. The normalized spacial score (nSPS) is 15.2. The number of piperazine rings is 1. The fourth-order valence-corrected chi connectivity index (χ4v) is 4.40. The molecule has 3 heterocycles. The number of aromatic nitrogens is 2. The van der Waals surface area contributed by atoms with E-state index in [-0.39, 0.29) is 22.9 Å². The highest BCUT2D eigenvalue weighted by Crippen LogP contribution is 2.18. The van der Waals surface area contributed by atoms with E-state index >= 15 is 0 Å². The molecule has 1 aliphatic heterocycles. The molecule has 0 aromatic carbocycles. The van der Waals surface area contributed by atoms with Gasteiger partial charge in [0.15, 0.2) is 4.96 Å². The SMILES string of the molecule is CCN(CC)C(=O)CN1CCN(C(=O)c2cnc3sc(C)c(C)n3c2=O)CC1. The van der Waals surface area contributed by atoms with Gasteiger partial charge in [0.25, 0.3) is 11.5 Å². The number of carbonyl (C=O) groups is 2. The van der Waals surface area contributed by atoms with Crippen LogP contribution < -0.4 is 5.56 Å². The number of amides is 2. The van der Waals surface area contributed by atoms with Crippen molar-refractivity contribution in [2.45, 2.75) is 27.7 Å². The summed E-state index contributed by atoms with van der Waals surface area (Å²) in [7, 11) is 0. The fourth-order valence-electron chi connectivity index (χ4n) is 3.47. The Labute approximate surface area is 168 Å². The Balaban J connectivity index is 1.68. The first-order valence-electron chi connectivity index (χ1n) is 9.64. The molecule has 0 unspecified atom stereocenters. The van der Waals surface area contributed by atoms with E-state index in [1.807, 2.05) is 32.6 Å². The highest BCUT2D eigenvalue weighted by atomic mass is 32.1. The number of nitrogens with zero attached hydrogens (tertiary/aromatic N) is 5. The molecule has 1 fully saturated rings. The second-order valence-electron chi connectivity index (χ2n) is 6.97. The Morgan fingerprint density at radius 1 is 1.14 bits per heavy atom. The monoisotopic (exact) mass is 405 g/mol. The van der Waals surface area contributed by atoms with E-state index in [0.717, 1.165) is 10.6 Å². The van der Waals surface area contributed by atoms with Crippen molar-refractivity contribution in [2.75, 3.05) is 45.8 Å². The predicted molar refractivity (Wildman–Crippen MR) is 109 cm³/mol. The number of carbonyl (C=O) groups excluding carboxylic acids is 2. The van der Waals surface area contributed by atoms with E-state index in [0.29, 0.717) is 50.8 Å². The first kappa shape index (κ1) is 20.5. The minimum absolute atomic E-state index is 0.103. The van der Waals surface area contributed by atoms with Gasteiger partial charge in [-0.3, -0.25) is 23.7 Å². The highest BCUT2D eigenvalue weighted by molar-refractivity contribution is 7.17. The lowest BCUT2D eigenvalue weighted by Crippen LogP contribution is -2.52. The molecule has 2 aromatic heterocycles. The van der Waals surface area contributed by atoms with Crippen molar-refractivity contribution in [3.8, 4) is 0 Å². The van der Waals surface area contributed by atoms with E-state index in [1.165, 1.54) is 21.9 Å². The van der Waals surface area contributed by atoms with Crippen LogP contribution in [-0.4, -0.2) is 81.7 Å². The molecule has 0 spiro atoms. The third kappa shape index (κ3) is 3.81. The van der Waals surface area contributed by atoms with Crippen LogP contribution in [-0.2, 0) is 4.79 Å². The minimum atomic E-state index is -0.309. The van der Waals surface area contributed by atoms with Crippen molar-refractivity contribution in [1.29, 1.82) is 0 Å². The van der Waals surface area contributed by atoms with Gasteiger partial charge in [-0.25, -0.2) is 4.98 Å². The van der Waals surface area contributed by atoms with Gasteiger partial charge in [-0.05, 0) is 27.7 Å². The van der Waals surface area contributed by atoms with Crippen LogP contribution in [0.15, 0.2) is 11.0 Å². The number of hydrogen-bond acceptors (Lipinski definition) is 6. The summed E-state index contributed by atoms with van der Waals surface area (Å²) < 4.78 is 1.52. The molecule has 0 radical (unpaired) electrons. The Bertz CT molecular complexity index is 939. The summed E-state index contributed by atoms with van der Waals surface area (Å²) in [5.41, 5.74) is 0.619. The lowest BCUT2D eigenvalue weighted by Gasteiger charge is -2.35. The summed E-state index contributed by atoms with van der Waals surface area (Å²) in [5, 5.41) is 0. The van der Waals surface area contributed by atoms with E-state index in [2.05, 4.69) is 9.88 Å². The molecule has 28 heavy (non-hydrogen) atoms. The van der Waals surface area contributed by atoms with Crippen LogP contribution in [0.4, 0.5) is 0 Å². The van der Waals surface area contributed by atoms with E-state index < -0.39 is 0 Å². The summed E-state index contributed by atoms with van der Waals surface area (Å²) in [6.07, 6.45) is 1.39. The van der Waals surface area contributed by atoms with Crippen molar-refractivity contribution in [2.24, 2.45) is 0 Å². The molecule has 1 aliphatic rings. The van der Waals surface area contributed by atoms with Crippen LogP contribution in [0.5, 0.6) is 0 Å². The van der Waals surface area contributed by atoms with Gasteiger partial charge < -0.3 is 9.80 Å². The average molecular weight is 406 g/mol. The van der Waals surface area contributed by atoms with Crippen molar-refractivity contribution in [3.63, 3.8) is 0 Å². The van der Waals surface area contributed by atoms with E-state index in [1.54, 1.807) is 4.90 Å². The summed E-state index contributed by atoms with van der Waals surface area (Å²) in [6, 6.07) is 0. The van der Waals surface area contributed by atoms with Crippen molar-refractivity contribution in [1.82, 2.24) is 24.1 Å². The average Bonchev–Trinajstić information content (AvgIpc) is 2.98. The number of likely N-dealkylation sites (N-methyl/N-ethyl adjacent to an activating group) is 1. The maximum Gasteiger partial charge on any atom is 0.271 e. The fraction of sp³-hybridized carbons (Fsp3) is 0.579. The molecule has 8 nitrogen and oxygen atoms in total. The molecule has 2 aromatic rings. The molecule has 0 N–H and O–H groups in total. The standard InChI is InChI=1S/C19H27N5O3S/c1-5-22(6-2)16(25)12-21-7-9-23(10-8-21)17(26)15-11-20-19-24(18(15)27)13(3)14(4)28-19/h11H,5-10,12H2,1-4H3. The lowest BCUT2D eigenvalue weighted by atomic mass is 10.2.